The number of carbonyl (C=O) groups excluding carboxylic acids is 1. The summed E-state index contributed by atoms with van der Waals surface area (Å²) >= 11 is 0. The Balaban J connectivity index is 2.23. The summed E-state index contributed by atoms with van der Waals surface area (Å²) in [4.78, 5) is 13.0. The number of nitrogens with one attached hydrogen (secondary N) is 1. The van der Waals surface area contributed by atoms with Crippen molar-refractivity contribution in [2.75, 3.05) is 27.7 Å². The highest BCUT2D eigenvalue weighted by Gasteiger charge is 2.48. The van der Waals surface area contributed by atoms with Crippen molar-refractivity contribution in [1.29, 1.82) is 0 Å². The van der Waals surface area contributed by atoms with Crippen LogP contribution in [0.25, 0.3) is 0 Å². The van der Waals surface area contributed by atoms with Crippen molar-refractivity contribution in [3.8, 4) is 0 Å². The molecule has 2 unspecified atom stereocenters. The smallest absolute Gasteiger partial charge is 0.223 e. The first-order chi connectivity index (χ1) is 7.39. The van der Waals surface area contributed by atoms with E-state index in [9.17, 15) is 4.79 Å². The van der Waals surface area contributed by atoms with E-state index in [4.69, 9.17) is 4.74 Å². The number of methoxy groups -OCH3 is 1. The molecule has 4 nitrogen and oxygen atoms in total. The van der Waals surface area contributed by atoms with Gasteiger partial charge in [-0.1, -0.05) is 13.8 Å². The third-order valence-electron chi connectivity index (χ3n) is 3.69. The third kappa shape index (κ3) is 2.74. The summed E-state index contributed by atoms with van der Waals surface area (Å²) in [7, 11) is 5.34. The van der Waals surface area contributed by atoms with Gasteiger partial charge in [0.25, 0.3) is 0 Å². The molecule has 1 fully saturated rings. The third-order valence-corrected chi connectivity index (χ3v) is 3.69. The number of nitrogens with zero attached hydrogens (tertiary/aromatic N) is 1. The number of amides is 1. The van der Waals surface area contributed by atoms with Crippen LogP contribution in [0.15, 0.2) is 0 Å². The lowest BCUT2D eigenvalue weighted by Gasteiger charge is -2.51. The maximum Gasteiger partial charge on any atom is 0.223 e. The zero-order valence-electron chi connectivity index (χ0n) is 11.0. The molecular weight excluding hydrogens is 204 g/mol. The Morgan fingerprint density at radius 3 is 2.56 bits per heavy atom. The summed E-state index contributed by atoms with van der Waals surface area (Å²) < 4.78 is 5.38. The minimum atomic E-state index is 0.174. The van der Waals surface area contributed by atoms with Crippen LogP contribution in [-0.2, 0) is 9.53 Å². The minimum Gasteiger partial charge on any atom is -0.381 e. The van der Waals surface area contributed by atoms with Crippen molar-refractivity contribution in [3.63, 3.8) is 0 Å². The standard InChI is InChI=1S/C12H24N2O2/c1-12(2)9(8-10(12)16-5)13-7-6-11(15)14(3)4/h9-10,13H,6-8H2,1-5H3. The Hall–Kier alpha value is -0.610. The van der Waals surface area contributed by atoms with Gasteiger partial charge in [0.1, 0.15) is 0 Å². The Labute approximate surface area is 98.3 Å². The van der Waals surface area contributed by atoms with Crippen molar-refractivity contribution < 1.29 is 9.53 Å². The van der Waals surface area contributed by atoms with Crippen LogP contribution in [0.2, 0.25) is 0 Å². The first-order valence-electron chi connectivity index (χ1n) is 5.86. The molecule has 1 aliphatic carbocycles. The molecule has 16 heavy (non-hydrogen) atoms. The van der Waals surface area contributed by atoms with Gasteiger partial charge in [0.15, 0.2) is 0 Å². The predicted molar refractivity (Wildman–Crippen MR) is 64.3 cm³/mol. The maximum atomic E-state index is 11.4. The SMILES string of the molecule is COC1CC(NCCC(=O)N(C)C)C1(C)C. The summed E-state index contributed by atoms with van der Waals surface area (Å²) in [5.74, 6) is 0.174. The van der Waals surface area contributed by atoms with Crippen LogP contribution < -0.4 is 5.32 Å². The van der Waals surface area contributed by atoms with Gasteiger partial charge in [-0.25, -0.2) is 0 Å². The molecule has 0 radical (unpaired) electrons. The fourth-order valence-corrected chi connectivity index (χ4v) is 2.21. The second-order valence-corrected chi connectivity index (χ2v) is 5.33. The molecular formula is C12H24N2O2. The van der Waals surface area contributed by atoms with Crippen LogP contribution in [-0.4, -0.2) is 50.7 Å². The zero-order valence-corrected chi connectivity index (χ0v) is 11.0. The fraction of sp³-hybridized carbons (Fsp3) is 0.917. The molecule has 2 atom stereocenters. The van der Waals surface area contributed by atoms with Crippen LogP contribution in [0.5, 0.6) is 0 Å². The molecule has 4 heteroatoms. The van der Waals surface area contributed by atoms with E-state index >= 15 is 0 Å². The van der Waals surface area contributed by atoms with Crippen LogP contribution in [0.4, 0.5) is 0 Å². The Bertz CT molecular complexity index is 251. The second kappa shape index (κ2) is 5.15. The van der Waals surface area contributed by atoms with E-state index in [2.05, 4.69) is 19.2 Å². The van der Waals surface area contributed by atoms with Gasteiger partial charge in [-0.05, 0) is 6.42 Å². The van der Waals surface area contributed by atoms with E-state index < -0.39 is 0 Å². The quantitative estimate of drug-likeness (QED) is 0.759. The maximum absolute atomic E-state index is 11.4. The monoisotopic (exact) mass is 228 g/mol. The molecule has 0 bridgehead atoms. The molecule has 0 saturated heterocycles. The van der Waals surface area contributed by atoms with E-state index in [1.54, 1.807) is 26.1 Å². The minimum absolute atomic E-state index is 0.174. The topological polar surface area (TPSA) is 41.6 Å². The molecule has 0 heterocycles. The first-order valence-corrected chi connectivity index (χ1v) is 5.86. The number of ether oxygens (including phenoxy) is 1. The molecule has 0 spiro atoms. The van der Waals surface area contributed by atoms with E-state index in [0.717, 1.165) is 13.0 Å². The number of rotatable bonds is 5. The van der Waals surface area contributed by atoms with Gasteiger partial charge >= 0.3 is 0 Å². The van der Waals surface area contributed by atoms with Gasteiger partial charge in [-0.3, -0.25) is 4.79 Å². The fourth-order valence-electron chi connectivity index (χ4n) is 2.21. The normalized spacial score (nSPS) is 27.3. The highest BCUT2D eigenvalue weighted by molar-refractivity contribution is 5.75. The highest BCUT2D eigenvalue weighted by atomic mass is 16.5. The summed E-state index contributed by atoms with van der Waals surface area (Å²) in [6.45, 7) is 5.16. The predicted octanol–water partition coefficient (Wildman–Crippen LogP) is 0.868. The van der Waals surface area contributed by atoms with E-state index in [1.165, 1.54) is 0 Å². The van der Waals surface area contributed by atoms with E-state index in [-0.39, 0.29) is 11.3 Å². The zero-order chi connectivity index (χ0) is 12.3. The van der Waals surface area contributed by atoms with Gasteiger partial charge in [0.05, 0.1) is 6.10 Å². The van der Waals surface area contributed by atoms with Gasteiger partial charge in [0.2, 0.25) is 5.91 Å². The molecule has 1 aliphatic rings. The van der Waals surface area contributed by atoms with Crippen LogP contribution in [0, 0.1) is 5.41 Å². The number of hydrogen-bond acceptors (Lipinski definition) is 3. The summed E-state index contributed by atoms with van der Waals surface area (Å²) in [6, 6.07) is 0.465. The molecule has 0 aromatic heterocycles. The van der Waals surface area contributed by atoms with Crippen LogP contribution in [0.1, 0.15) is 26.7 Å². The molecule has 1 rings (SSSR count). The van der Waals surface area contributed by atoms with E-state index in [0.29, 0.717) is 18.6 Å². The summed E-state index contributed by atoms with van der Waals surface area (Å²) in [5, 5.41) is 3.43. The second-order valence-electron chi connectivity index (χ2n) is 5.33. The van der Waals surface area contributed by atoms with Crippen molar-refractivity contribution in [1.82, 2.24) is 10.2 Å². The lowest BCUT2D eigenvalue weighted by Crippen LogP contribution is -2.60. The highest BCUT2D eigenvalue weighted by Crippen LogP contribution is 2.42. The van der Waals surface area contributed by atoms with Crippen molar-refractivity contribution in [2.45, 2.75) is 38.8 Å². The molecule has 1 saturated carbocycles. The first kappa shape index (κ1) is 13.5. The lowest BCUT2D eigenvalue weighted by molar-refractivity contribution is -0.129. The van der Waals surface area contributed by atoms with Gasteiger partial charge in [0, 0.05) is 45.6 Å². The number of carbonyl (C=O) groups is 1. The molecule has 0 aliphatic heterocycles. The Morgan fingerprint density at radius 1 is 1.50 bits per heavy atom. The molecule has 1 amide bonds. The van der Waals surface area contributed by atoms with Crippen molar-refractivity contribution in [2.24, 2.45) is 5.41 Å². The van der Waals surface area contributed by atoms with E-state index in [1.807, 2.05) is 0 Å². The molecule has 0 aromatic rings. The average molecular weight is 228 g/mol. The molecule has 94 valence electrons. The lowest BCUT2D eigenvalue weighted by atomic mass is 9.64. The Morgan fingerprint density at radius 2 is 2.12 bits per heavy atom. The van der Waals surface area contributed by atoms with Crippen molar-refractivity contribution >= 4 is 5.91 Å². The van der Waals surface area contributed by atoms with Crippen LogP contribution in [0.3, 0.4) is 0 Å². The van der Waals surface area contributed by atoms with Crippen molar-refractivity contribution in [3.05, 3.63) is 0 Å². The van der Waals surface area contributed by atoms with Gasteiger partial charge in [-0.2, -0.15) is 0 Å². The molecule has 1 N–H and O–H groups in total. The Kier molecular flexibility index (Phi) is 4.33. The van der Waals surface area contributed by atoms with Gasteiger partial charge < -0.3 is 15.0 Å². The van der Waals surface area contributed by atoms with Gasteiger partial charge in [-0.15, -0.1) is 0 Å². The summed E-state index contributed by atoms with van der Waals surface area (Å²) in [6.07, 6.45) is 1.95. The number of hydrogen-bond donors (Lipinski definition) is 1. The van der Waals surface area contributed by atoms with Crippen LogP contribution >= 0.6 is 0 Å². The summed E-state index contributed by atoms with van der Waals surface area (Å²) in [5.41, 5.74) is 0.177. The molecule has 0 aromatic carbocycles. The largest absolute Gasteiger partial charge is 0.381 e. The average Bonchev–Trinajstić information content (AvgIpc) is 2.21.